The van der Waals surface area contributed by atoms with Crippen molar-refractivity contribution in [1.82, 2.24) is 9.78 Å². The van der Waals surface area contributed by atoms with Crippen LogP contribution in [-0.2, 0) is 6.18 Å². The van der Waals surface area contributed by atoms with Crippen molar-refractivity contribution in [2.24, 2.45) is 0 Å². The molecule has 22 heavy (non-hydrogen) atoms. The Hall–Kier alpha value is -2.77. The SMILES string of the molecule is N#Cc1cn(-c2c(F)c(F)c(C(F)(F)F)c(F)c2F)nc1N. The van der Waals surface area contributed by atoms with Crippen molar-refractivity contribution in [3.8, 4) is 11.8 Å². The molecule has 0 spiro atoms. The molecule has 2 rings (SSSR count). The van der Waals surface area contributed by atoms with Gasteiger partial charge in [0.15, 0.2) is 29.1 Å². The molecule has 1 heterocycles. The summed E-state index contributed by atoms with van der Waals surface area (Å²) in [5.41, 5.74) is 0.547. The first-order valence-electron chi connectivity index (χ1n) is 5.28. The Morgan fingerprint density at radius 3 is 1.91 bits per heavy atom. The minimum atomic E-state index is -5.64. The number of hydrogen-bond donors (Lipinski definition) is 1. The predicted molar refractivity (Wildman–Crippen MR) is 57.5 cm³/mol. The molecular weight excluding hydrogens is 321 g/mol. The number of nitrogen functional groups attached to an aromatic ring is 1. The van der Waals surface area contributed by atoms with Gasteiger partial charge in [0.25, 0.3) is 0 Å². The van der Waals surface area contributed by atoms with E-state index in [2.05, 4.69) is 5.10 Å². The molecular formula is C11H3F7N4. The van der Waals surface area contributed by atoms with Crippen molar-refractivity contribution in [3.05, 3.63) is 40.6 Å². The number of halogens is 7. The van der Waals surface area contributed by atoms with E-state index in [9.17, 15) is 30.7 Å². The highest BCUT2D eigenvalue weighted by molar-refractivity contribution is 5.50. The predicted octanol–water partition coefficient (Wildman–Crippen LogP) is 2.90. The smallest absolute Gasteiger partial charge is 0.381 e. The molecule has 0 saturated heterocycles. The number of benzene rings is 1. The summed E-state index contributed by atoms with van der Waals surface area (Å²) >= 11 is 0. The van der Waals surface area contributed by atoms with Gasteiger partial charge in [-0.3, -0.25) is 0 Å². The van der Waals surface area contributed by atoms with Crippen LogP contribution < -0.4 is 5.73 Å². The van der Waals surface area contributed by atoms with Crippen LogP contribution in [0.25, 0.3) is 5.69 Å². The molecule has 0 atom stereocenters. The largest absolute Gasteiger partial charge is 0.422 e. The first-order valence-corrected chi connectivity index (χ1v) is 5.28. The van der Waals surface area contributed by atoms with Crippen LogP contribution in [0.15, 0.2) is 6.20 Å². The highest BCUT2D eigenvalue weighted by Crippen LogP contribution is 2.37. The summed E-state index contributed by atoms with van der Waals surface area (Å²) in [5, 5.41) is 11.8. The van der Waals surface area contributed by atoms with Crippen molar-refractivity contribution in [2.45, 2.75) is 6.18 Å². The molecule has 0 amide bonds. The zero-order chi connectivity index (χ0) is 16.8. The lowest BCUT2D eigenvalue weighted by molar-refractivity contribution is -0.143. The first kappa shape index (κ1) is 15.6. The summed E-state index contributed by atoms with van der Waals surface area (Å²) in [5.74, 6) is -10.4. The zero-order valence-electron chi connectivity index (χ0n) is 10.1. The molecule has 0 unspecified atom stereocenters. The molecule has 0 aliphatic rings. The molecule has 0 fully saturated rings. The maximum absolute atomic E-state index is 13.7. The number of nitrogens with two attached hydrogens (primary N) is 1. The van der Waals surface area contributed by atoms with Crippen molar-refractivity contribution >= 4 is 5.82 Å². The van der Waals surface area contributed by atoms with E-state index in [-0.39, 0.29) is 10.2 Å². The van der Waals surface area contributed by atoms with E-state index in [1.54, 1.807) is 0 Å². The second-order valence-corrected chi connectivity index (χ2v) is 3.96. The van der Waals surface area contributed by atoms with Crippen LogP contribution in [0.2, 0.25) is 0 Å². The van der Waals surface area contributed by atoms with Gasteiger partial charge in [-0.1, -0.05) is 0 Å². The van der Waals surface area contributed by atoms with Gasteiger partial charge in [0.1, 0.15) is 22.9 Å². The van der Waals surface area contributed by atoms with Gasteiger partial charge in [-0.25, -0.2) is 22.2 Å². The van der Waals surface area contributed by atoms with Crippen LogP contribution in [0, 0.1) is 34.6 Å². The van der Waals surface area contributed by atoms with Gasteiger partial charge in [0, 0.05) is 0 Å². The summed E-state index contributed by atoms with van der Waals surface area (Å²) in [6, 6.07) is 1.47. The third-order valence-electron chi connectivity index (χ3n) is 2.62. The van der Waals surface area contributed by atoms with Crippen LogP contribution in [0.3, 0.4) is 0 Å². The van der Waals surface area contributed by atoms with Crippen LogP contribution in [0.5, 0.6) is 0 Å². The van der Waals surface area contributed by atoms with E-state index >= 15 is 0 Å². The fourth-order valence-corrected chi connectivity index (χ4v) is 1.66. The van der Waals surface area contributed by atoms with Gasteiger partial charge in [-0.05, 0) is 0 Å². The number of alkyl halides is 3. The van der Waals surface area contributed by atoms with Crippen LogP contribution in [0.4, 0.5) is 36.6 Å². The van der Waals surface area contributed by atoms with Gasteiger partial charge in [0.2, 0.25) is 0 Å². The molecule has 2 aromatic rings. The minimum Gasteiger partial charge on any atom is -0.381 e. The van der Waals surface area contributed by atoms with Crippen LogP contribution >= 0.6 is 0 Å². The van der Waals surface area contributed by atoms with E-state index in [4.69, 9.17) is 11.0 Å². The molecule has 1 aromatic carbocycles. The second kappa shape index (κ2) is 4.90. The number of hydrogen-bond acceptors (Lipinski definition) is 3. The molecule has 116 valence electrons. The zero-order valence-corrected chi connectivity index (χ0v) is 10.1. The lowest BCUT2D eigenvalue weighted by Crippen LogP contribution is -2.18. The monoisotopic (exact) mass is 324 g/mol. The Kier molecular flexibility index (Phi) is 3.48. The summed E-state index contributed by atoms with van der Waals surface area (Å²) < 4.78 is 91.7. The summed E-state index contributed by atoms with van der Waals surface area (Å²) in [6.45, 7) is 0. The fourth-order valence-electron chi connectivity index (χ4n) is 1.66. The Morgan fingerprint density at radius 1 is 1.05 bits per heavy atom. The molecule has 0 radical (unpaired) electrons. The molecule has 4 nitrogen and oxygen atoms in total. The number of anilines is 1. The van der Waals surface area contributed by atoms with E-state index in [1.807, 2.05) is 0 Å². The lowest BCUT2D eigenvalue weighted by atomic mass is 10.1. The van der Waals surface area contributed by atoms with Crippen molar-refractivity contribution in [1.29, 1.82) is 5.26 Å². The number of nitriles is 1. The van der Waals surface area contributed by atoms with Gasteiger partial charge >= 0.3 is 6.18 Å². The number of nitrogens with zero attached hydrogens (tertiary/aromatic N) is 3. The Morgan fingerprint density at radius 2 is 1.55 bits per heavy atom. The van der Waals surface area contributed by atoms with E-state index in [0.29, 0.717) is 6.20 Å². The summed E-state index contributed by atoms with van der Waals surface area (Å²) in [6.07, 6.45) is -5.03. The standard InChI is InChI=1S/C11H3F7N4/c12-5-4(11(16,17)18)6(13)8(15)9(7(5)14)22-2-3(1-19)10(20)21-22/h2H,(H2,20,21). The maximum Gasteiger partial charge on any atom is 0.422 e. The molecule has 1 aromatic heterocycles. The average Bonchev–Trinajstić information content (AvgIpc) is 2.76. The molecule has 2 N–H and O–H groups in total. The molecule has 0 bridgehead atoms. The van der Waals surface area contributed by atoms with Crippen molar-refractivity contribution in [2.75, 3.05) is 5.73 Å². The third kappa shape index (κ3) is 2.22. The van der Waals surface area contributed by atoms with E-state index in [0.717, 1.165) is 0 Å². The quantitative estimate of drug-likeness (QED) is 0.648. The van der Waals surface area contributed by atoms with Crippen LogP contribution in [0.1, 0.15) is 11.1 Å². The number of rotatable bonds is 1. The van der Waals surface area contributed by atoms with E-state index in [1.165, 1.54) is 6.07 Å². The molecule has 0 saturated carbocycles. The topological polar surface area (TPSA) is 67.6 Å². The van der Waals surface area contributed by atoms with Crippen LogP contribution in [-0.4, -0.2) is 9.78 Å². The normalized spacial score (nSPS) is 11.5. The minimum absolute atomic E-state index is 0.144. The maximum atomic E-state index is 13.7. The third-order valence-corrected chi connectivity index (χ3v) is 2.62. The van der Waals surface area contributed by atoms with Gasteiger partial charge in [-0.15, -0.1) is 5.10 Å². The van der Waals surface area contributed by atoms with E-state index < -0.39 is 46.5 Å². The summed E-state index contributed by atoms with van der Waals surface area (Å²) in [7, 11) is 0. The average molecular weight is 324 g/mol. The Balaban J connectivity index is 2.82. The Bertz CT molecular complexity index is 771. The van der Waals surface area contributed by atoms with Gasteiger partial charge in [-0.2, -0.15) is 18.4 Å². The number of aromatic nitrogens is 2. The Labute approximate surface area is 117 Å². The van der Waals surface area contributed by atoms with Gasteiger partial charge < -0.3 is 5.73 Å². The first-order chi connectivity index (χ1) is 10.1. The fraction of sp³-hybridized carbons (Fsp3) is 0.0909. The second-order valence-electron chi connectivity index (χ2n) is 3.96. The lowest BCUT2D eigenvalue weighted by Gasteiger charge is -2.13. The van der Waals surface area contributed by atoms with Crippen molar-refractivity contribution < 1.29 is 30.7 Å². The molecule has 0 aliphatic heterocycles. The van der Waals surface area contributed by atoms with Gasteiger partial charge in [0.05, 0.1) is 6.20 Å². The highest BCUT2D eigenvalue weighted by atomic mass is 19.4. The molecule has 11 heteroatoms. The molecule has 0 aliphatic carbocycles. The highest BCUT2D eigenvalue weighted by Gasteiger charge is 2.42. The summed E-state index contributed by atoms with van der Waals surface area (Å²) in [4.78, 5) is 0. The van der Waals surface area contributed by atoms with Crippen molar-refractivity contribution in [3.63, 3.8) is 0 Å².